The zero-order valence-electron chi connectivity index (χ0n) is 10.5. The molecule has 0 bridgehead atoms. The zero-order chi connectivity index (χ0) is 14.0. The van der Waals surface area contributed by atoms with E-state index in [1.54, 1.807) is 6.92 Å². The molecule has 1 heterocycles. The fraction of sp³-hybridized carbons (Fsp3) is 0.231. The van der Waals surface area contributed by atoms with Crippen LogP contribution in [0.1, 0.15) is 23.0 Å². The molecule has 0 saturated heterocycles. The monoisotopic (exact) mass is 266 g/mol. The van der Waals surface area contributed by atoms with Crippen LogP contribution in [0.4, 0.5) is 8.78 Å². The lowest BCUT2D eigenvalue weighted by atomic mass is 10.1. The molecule has 0 aliphatic rings. The van der Waals surface area contributed by atoms with Crippen molar-refractivity contribution < 1.29 is 18.3 Å². The van der Waals surface area contributed by atoms with Crippen molar-refractivity contribution in [3.05, 3.63) is 47.3 Å². The van der Waals surface area contributed by atoms with Crippen LogP contribution in [0.25, 0.3) is 0 Å². The summed E-state index contributed by atoms with van der Waals surface area (Å²) in [5, 5.41) is 3.94. The number of carbonyl (C=O) groups excluding carboxylic acids is 1. The van der Waals surface area contributed by atoms with Gasteiger partial charge < -0.3 is 4.74 Å². The average Bonchev–Trinajstić information content (AvgIpc) is 2.81. The Balaban J connectivity index is 2.59. The van der Waals surface area contributed by atoms with Crippen molar-refractivity contribution in [2.24, 2.45) is 0 Å². The highest BCUT2D eigenvalue weighted by Gasteiger charge is 2.25. The Hall–Kier alpha value is -2.24. The van der Waals surface area contributed by atoms with Gasteiger partial charge in [0.05, 0.1) is 18.9 Å². The number of benzene rings is 1. The summed E-state index contributed by atoms with van der Waals surface area (Å²) >= 11 is 0. The minimum atomic E-state index is -0.907. The number of halogens is 2. The molecule has 0 amide bonds. The van der Waals surface area contributed by atoms with E-state index < -0.39 is 23.0 Å². The van der Waals surface area contributed by atoms with E-state index in [4.69, 9.17) is 4.74 Å². The van der Waals surface area contributed by atoms with Crippen LogP contribution in [0.15, 0.2) is 24.4 Å². The Morgan fingerprint density at radius 2 is 2.00 bits per heavy atom. The largest absolute Gasteiger partial charge is 0.493 e. The van der Waals surface area contributed by atoms with Crippen LogP contribution >= 0.6 is 0 Å². The predicted octanol–water partition coefficient (Wildman–Crippen LogP) is 2.42. The van der Waals surface area contributed by atoms with Gasteiger partial charge in [0.1, 0.15) is 11.6 Å². The van der Waals surface area contributed by atoms with Gasteiger partial charge in [0, 0.05) is 6.54 Å². The standard InChI is InChI=1S/C13H12F2N2O2/c1-3-17-12(10(19-2)7-16-17)13(18)11-8(14)5-4-6-9(11)15/h4-7H,3H2,1-2H3. The molecule has 100 valence electrons. The maximum Gasteiger partial charge on any atom is 0.220 e. The molecular formula is C13H12F2N2O2. The predicted molar refractivity (Wildman–Crippen MR) is 64.2 cm³/mol. The Bertz CT molecular complexity index is 581. The van der Waals surface area contributed by atoms with E-state index in [9.17, 15) is 13.6 Å². The van der Waals surface area contributed by atoms with Gasteiger partial charge in [0.2, 0.25) is 5.78 Å². The summed E-state index contributed by atoms with van der Waals surface area (Å²) < 4.78 is 33.6. The van der Waals surface area contributed by atoms with Crippen LogP contribution in [-0.4, -0.2) is 22.7 Å². The number of hydrogen-bond donors (Lipinski definition) is 0. The number of ketones is 1. The number of carbonyl (C=O) groups is 1. The van der Waals surface area contributed by atoms with Crippen molar-refractivity contribution in [1.82, 2.24) is 9.78 Å². The third-order valence-electron chi connectivity index (χ3n) is 2.73. The van der Waals surface area contributed by atoms with Gasteiger partial charge in [0.15, 0.2) is 11.4 Å². The molecule has 19 heavy (non-hydrogen) atoms. The number of rotatable bonds is 4. The van der Waals surface area contributed by atoms with Gasteiger partial charge in [-0.05, 0) is 19.1 Å². The van der Waals surface area contributed by atoms with Crippen molar-refractivity contribution in [3.63, 3.8) is 0 Å². The second kappa shape index (κ2) is 5.17. The van der Waals surface area contributed by atoms with E-state index in [1.807, 2.05) is 0 Å². The van der Waals surface area contributed by atoms with Crippen molar-refractivity contribution in [3.8, 4) is 5.75 Å². The number of hydrogen-bond acceptors (Lipinski definition) is 3. The van der Waals surface area contributed by atoms with Gasteiger partial charge in [-0.2, -0.15) is 5.10 Å². The Morgan fingerprint density at radius 1 is 1.37 bits per heavy atom. The molecule has 0 spiro atoms. The second-order valence-electron chi connectivity index (χ2n) is 3.80. The quantitative estimate of drug-likeness (QED) is 0.798. The van der Waals surface area contributed by atoms with Gasteiger partial charge >= 0.3 is 0 Å². The second-order valence-corrected chi connectivity index (χ2v) is 3.80. The highest BCUT2D eigenvalue weighted by atomic mass is 19.1. The van der Waals surface area contributed by atoms with E-state index in [2.05, 4.69) is 5.10 Å². The molecule has 1 aromatic heterocycles. The molecule has 4 nitrogen and oxygen atoms in total. The van der Waals surface area contributed by atoms with Crippen LogP contribution in [0.5, 0.6) is 5.75 Å². The van der Waals surface area contributed by atoms with Crippen LogP contribution in [0.3, 0.4) is 0 Å². The lowest BCUT2D eigenvalue weighted by Crippen LogP contribution is -2.14. The Kier molecular flexibility index (Phi) is 3.59. The summed E-state index contributed by atoms with van der Waals surface area (Å²) in [5.41, 5.74) is -0.565. The SMILES string of the molecule is CCn1ncc(OC)c1C(=O)c1c(F)cccc1F. The van der Waals surface area contributed by atoms with Gasteiger partial charge in [-0.3, -0.25) is 9.48 Å². The molecule has 0 aliphatic carbocycles. The van der Waals surface area contributed by atoms with Crippen LogP contribution < -0.4 is 4.74 Å². The Labute approximate surface area is 108 Å². The lowest BCUT2D eigenvalue weighted by molar-refractivity contribution is 0.101. The summed E-state index contributed by atoms with van der Waals surface area (Å²) in [4.78, 5) is 12.3. The third kappa shape index (κ3) is 2.21. The molecule has 0 fully saturated rings. The molecule has 0 atom stereocenters. The summed E-state index contributed by atoms with van der Waals surface area (Å²) in [7, 11) is 1.37. The first-order chi connectivity index (χ1) is 9.10. The average molecular weight is 266 g/mol. The van der Waals surface area contributed by atoms with Crippen molar-refractivity contribution in [2.75, 3.05) is 7.11 Å². The van der Waals surface area contributed by atoms with E-state index >= 15 is 0 Å². The number of methoxy groups -OCH3 is 1. The summed E-state index contributed by atoms with van der Waals surface area (Å²) in [6, 6.07) is 3.28. The first-order valence-electron chi connectivity index (χ1n) is 5.68. The first kappa shape index (κ1) is 13.2. The summed E-state index contributed by atoms with van der Waals surface area (Å²) in [5.74, 6) is -2.41. The lowest BCUT2D eigenvalue weighted by Gasteiger charge is -2.08. The smallest absolute Gasteiger partial charge is 0.220 e. The van der Waals surface area contributed by atoms with Crippen molar-refractivity contribution >= 4 is 5.78 Å². The van der Waals surface area contributed by atoms with Crippen molar-refractivity contribution in [1.29, 1.82) is 0 Å². The number of nitrogens with zero attached hydrogens (tertiary/aromatic N) is 2. The van der Waals surface area contributed by atoms with E-state index in [0.717, 1.165) is 12.1 Å². The first-order valence-corrected chi connectivity index (χ1v) is 5.68. The van der Waals surface area contributed by atoms with Gasteiger partial charge in [-0.15, -0.1) is 0 Å². The molecule has 6 heteroatoms. The number of aryl methyl sites for hydroxylation is 1. The molecule has 0 N–H and O–H groups in total. The molecule has 0 saturated carbocycles. The van der Waals surface area contributed by atoms with Crippen LogP contribution in [0.2, 0.25) is 0 Å². The Morgan fingerprint density at radius 3 is 2.53 bits per heavy atom. The maximum atomic E-state index is 13.6. The van der Waals surface area contributed by atoms with Crippen LogP contribution in [0, 0.1) is 11.6 Å². The molecule has 1 aromatic carbocycles. The fourth-order valence-corrected chi connectivity index (χ4v) is 1.82. The fourth-order valence-electron chi connectivity index (χ4n) is 1.82. The van der Waals surface area contributed by atoms with Gasteiger partial charge in [0.25, 0.3) is 0 Å². The highest BCUT2D eigenvalue weighted by Crippen LogP contribution is 2.24. The zero-order valence-corrected chi connectivity index (χ0v) is 10.5. The maximum absolute atomic E-state index is 13.6. The van der Waals surface area contributed by atoms with Crippen LogP contribution in [-0.2, 0) is 6.54 Å². The summed E-state index contributed by atoms with van der Waals surface area (Å²) in [6.45, 7) is 2.15. The minimum absolute atomic E-state index is 0.0361. The number of ether oxygens (including phenoxy) is 1. The minimum Gasteiger partial charge on any atom is -0.493 e. The molecule has 0 radical (unpaired) electrons. The normalized spacial score (nSPS) is 10.5. The highest BCUT2D eigenvalue weighted by molar-refractivity contribution is 6.09. The van der Waals surface area contributed by atoms with Gasteiger partial charge in [-0.1, -0.05) is 6.07 Å². The van der Waals surface area contributed by atoms with Gasteiger partial charge in [-0.25, -0.2) is 8.78 Å². The summed E-state index contributed by atoms with van der Waals surface area (Å²) in [6.07, 6.45) is 1.34. The molecule has 2 rings (SSSR count). The molecule has 0 aliphatic heterocycles. The number of aromatic nitrogens is 2. The van der Waals surface area contributed by atoms with Crippen molar-refractivity contribution in [2.45, 2.75) is 13.5 Å². The topological polar surface area (TPSA) is 44.1 Å². The third-order valence-corrected chi connectivity index (χ3v) is 2.73. The molecule has 0 unspecified atom stereocenters. The van der Waals surface area contributed by atoms with E-state index in [0.29, 0.717) is 6.54 Å². The molecular weight excluding hydrogens is 254 g/mol. The van der Waals surface area contributed by atoms with E-state index in [-0.39, 0.29) is 11.4 Å². The van der Waals surface area contributed by atoms with E-state index in [1.165, 1.54) is 24.1 Å². The molecule has 2 aromatic rings.